The zero-order chi connectivity index (χ0) is 13.3. The van der Waals surface area contributed by atoms with Crippen LogP contribution in [0.2, 0.25) is 0 Å². The molecule has 0 unspecified atom stereocenters. The van der Waals surface area contributed by atoms with Gasteiger partial charge in [-0.15, -0.1) is 0 Å². The van der Waals surface area contributed by atoms with Crippen LogP contribution in [0.25, 0.3) is 0 Å². The number of carboxylic acids is 1. The van der Waals surface area contributed by atoms with Crippen LogP contribution >= 0.6 is 0 Å². The van der Waals surface area contributed by atoms with Crippen LogP contribution in [0.15, 0.2) is 12.7 Å². The molecule has 0 aliphatic carbocycles. The Bertz CT molecular complexity index is 332. The second-order valence-corrected chi connectivity index (χ2v) is 2.82. The van der Waals surface area contributed by atoms with Crippen LogP contribution in [-0.4, -0.2) is 42.0 Å². The maximum atomic E-state index is 11.0. The summed E-state index contributed by atoms with van der Waals surface area (Å²) in [4.78, 5) is 42.2. The maximum absolute atomic E-state index is 11.0. The second-order valence-electron chi connectivity index (χ2n) is 2.82. The van der Waals surface area contributed by atoms with Crippen molar-refractivity contribution in [3.05, 3.63) is 12.7 Å². The minimum Gasteiger partial charge on any atom is -0.476 e. The minimum absolute atomic E-state index is 0.122. The average molecular weight is 244 g/mol. The van der Waals surface area contributed by atoms with E-state index in [0.717, 1.165) is 6.08 Å². The molecular weight excluding hydrogens is 232 g/mol. The van der Waals surface area contributed by atoms with Gasteiger partial charge in [-0.1, -0.05) is 6.58 Å². The second kappa shape index (κ2) is 8.03. The Kier molecular flexibility index (Phi) is 7.00. The summed E-state index contributed by atoms with van der Waals surface area (Å²) in [5.41, 5.74) is 0. The summed E-state index contributed by atoms with van der Waals surface area (Å²) in [6.07, 6.45) is 0.231. The van der Waals surface area contributed by atoms with Crippen molar-refractivity contribution in [3.8, 4) is 0 Å². The number of carbonyl (C=O) groups is 4. The van der Waals surface area contributed by atoms with Gasteiger partial charge in [0.25, 0.3) is 0 Å². The van der Waals surface area contributed by atoms with Gasteiger partial charge in [0.1, 0.15) is 13.2 Å². The number of rotatable bonds is 8. The molecule has 7 heteroatoms. The molecule has 0 atom stereocenters. The normalized spacial score (nSPS) is 9.18. The minimum atomic E-state index is -1.59. The molecule has 0 bridgehead atoms. The largest absolute Gasteiger partial charge is 0.476 e. The summed E-state index contributed by atoms with van der Waals surface area (Å²) < 4.78 is 9.08. The van der Waals surface area contributed by atoms with Gasteiger partial charge < -0.3 is 14.6 Å². The van der Waals surface area contributed by atoms with E-state index in [1.807, 2.05) is 0 Å². The highest BCUT2D eigenvalue weighted by molar-refractivity contribution is 6.32. The first-order valence-electron chi connectivity index (χ1n) is 4.68. The molecule has 7 nitrogen and oxygen atoms in total. The van der Waals surface area contributed by atoms with E-state index in [9.17, 15) is 19.2 Å². The lowest BCUT2D eigenvalue weighted by atomic mass is 10.2. The van der Waals surface area contributed by atoms with E-state index in [-0.39, 0.29) is 19.6 Å². The number of hydrogen-bond donors (Lipinski definition) is 1. The van der Waals surface area contributed by atoms with Crippen LogP contribution in [0.4, 0.5) is 0 Å². The highest BCUT2D eigenvalue weighted by Gasteiger charge is 2.14. The molecule has 0 aromatic heterocycles. The molecule has 0 heterocycles. The smallest absolute Gasteiger partial charge is 0.372 e. The quantitative estimate of drug-likeness (QED) is 0.270. The molecule has 0 aromatic carbocycles. The lowest BCUT2D eigenvalue weighted by molar-refractivity contribution is -0.152. The first kappa shape index (κ1) is 14.8. The predicted molar refractivity (Wildman–Crippen MR) is 54.0 cm³/mol. The Morgan fingerprint density at radius 2 is 1.65 bits per heavy atom. The highest BCUT2D eigenvalue weighted by Crippen LogP contribution is 1.95. The van der Waals surface area contributed by atoms with Crippen LogP contribution in [-0.2, 0) is 28.7 Å². The van der Waals surface area contributed by atoms with Gasteiger partial charge in [0.15, 0.2) is 0 Å². The number of Topliss-reactive ketones (excluding diaryl/α,β-unsaturated/α-hetero) is 1. The van der Waals surface area contributed by atoms with Crippen LogP contribution in [0, 0.1) is 0 Å². The van der Waals surface area contributed by atoms with E-state index >= 15 is 0 Å². The molecule has 0 fully saturated rings. The fourth-order valence-corrected chi connectivity index (χ4v) is 0.751. The van der Waals surface area contributed by atoms with Gasteiger partial charge >= 0.3 is 17.9 Å². The van der Waals surface area contributed by atoms with Crippen molar-refractivity contribution in [3.63, 3.8) is 0 Å². The summed E-state index contributed by atoms with van der Waals surface area (Å²) in [6.45, 7) is 2.89. The molecular formula is C10H12O7. The van der Waals surface area contributed by atoms with Gasteiger partial charge in [-0.3, -0.25) is 9.59 Å². The Morgan fingerprint density at radius 3 is 2.18 bits per heavy atom. The van der Waals surface area contributed by atoms with E-state index in [1.165, 1.54) is 0 Å². The molecule has 0 rings (SSSR count). The maximum Gasteiger partial charge on any atom is 0.372 e. The lowest BCUT2D eigenvalue weighted by Gasteiger charge is -2.04. The monoisotopic (exact) mass is 244 g/mol. The summed E-state index contributed by atoms with van der Waals surface area (Å²) in [7, 11) is 0. The Hall–Kier alpha value is -2.18. The number of ether oxygens (including phenoxy) is 2. The van der Waals surface area contributed by atoms with Crippen LogP contribution in [0.5, 0.6) is 0 Å². The van der Waals surface area contributed by atoms with Crippen molar-refractivity contribution in [1.82, 2.24) is 0 Å². The summed E-state index contributed by atoms with van der Waals surface area (Å²) in [6, 6.07) is 0. The summed E-state index contributed by atoms with van der Waals surface area (Å²) in [5, 5.41) is 8.23. The first-order chi connectivity index (χ1) is 7.97. The molecule has 94 valence electrons. The number of esters is 2. The van der Waals surface area contributed by atoms with E-state index in [2.05, 4.69) is 16.1 Å². The fourth-order valence-electron chi connectivity index (χ4n) is 0.751. The highest BCUT2D eigenvalue weighted by atomic mass is 16.6. The molecule has 0 radical (unpaired) electrons. The third-order valence-corrected chi connectivity index (χ3v) is 1.55. The Labute approximate surface area is 97.0 Å². The number of carbonyl (C=O) groups excluding carboxylic acids is 3. The van der Waals surface area contributed by atoms with Gasteiger partial charge in [-0.25, -0.2) is 9.59 Å². The molecule has 1 N–H and O–H groups in total. The van der Waals surface area contributed by atoms with Crippen molar-refractivity contribution in [2.75, 3.05) is 13.2 Å². The van der Waals surface area contributed by atoms with Crippen LogP contribution in [0.1, 0.15) is 12.8 Å². The molecule has 0 saturated heterocycles. The van der Waals surface area contributed by atoms with Crippen molar-refractivity contribution in [1.29, 1.82) is 0 Å². The summed E-state index contributed by atoms with van der Waals surface area (Å²) >= 11 is 0. The molecule has 0 amide bonds. The van der Waals surface area contributed by atoms with Crippen molar-refractivity contribution < 1.29 is 33.8 Å². The third-order valence-electron chi connectivity index (χ3n) is 1.55. The van der Waals surface area contributed by atoms with E-state index < -0.39 is 30.1 Å². The zero-order valence-electron chi connectivity index (χ0n) is 9.01. The van der Waals surface area contributed by atoms with Gasteiger partial charge in [0.05, 0.1) is 6.42 Å². The van der Waals surface area contributed by atoms with Gasteiger partial charge in [0, 0.05) is 12.5 Å². The number of carboxylic acid groups (broad SMARTS) is 1. The van der Waals surface area contributed by atoms with Gasteiger partial charge in [-0.2, -0.15) is 0 Å². The topological polar surface area (TPSA) is 107 Å². The SMILES string of the molecule is C=CC(=O)OCCOC(=O)CCC(=O)C(=O)O. The van der Waals surface area contributed by atoms with E-state index in [4.69, 9.17) is 5.11 Å². The van der Waals surface area contributed by atoms with Crippen LogP contribution < -0.4 is 0 Å². The summed E-state index contributed by atoms with van der Waals surface area (Å²) in [5.74, 6) is -4.01. The third kappa shape index (κ3) is 7.71. The molecule has 0 aliphatic heterocycles. The Morgan fingerprint density at radius 1 is 1.06 bits per heavy atom. The van der Waals surface area contributed by atoms with Crippen molar-refractivity contribution in [2.24, 2.45) is 0 Å². The van der Waals surface area contributed by atoms with Crippen molar-refractivity contribution >= 4 is 23.7 Å². The molecule has 0 spiro atoms. The molecule has 0 aliphatic rings. The number of hydrogen-bond acceptors (Lipinski definition) is 6. The number of ketones is 1. The van der Waals surface area contributed by atoms with Crippen LogP contribution in [0.3, 0.4) is 0 Å². The fraction of sp³-hybridized carbons (Fsp3) is 0.400. The standard InChI is InChI=1S/C10H12O7/c1-2-8(12)16-5-6-17-9(13)4-3-7(11)10(14)15/h2H,1,3-6H2,(H,14,15). The zero-order valence-corrected chi connectivity index (χ0v) is 9.01. The lowest BCUT2D eigenvalue weighted by Crippen LogP contribution is -2.16. The first-order valence-corrected chi connectivity index (χ1v) is 4.68. The number of aliphatic carboxylic acids is 1. The van der Waals surface area contributed by atoms with Gasteiger partial charge in [0.2, 0.25) is 5.78 Å². The van der Waals surface area contributed by atoms with Crippen molar-refractivity contribution in [2.45, 2.75) is 12.8 Å². The molecule has 0 aromatic rings. The van der Waals surface area contributed by atoms with E-state index in [0.29, 0.717) is 0 Å². The van der Waals surface area contributed by atoms with Gasteiger partial charge in [-0.05, 0) is 0 Å². The Balaban J connectivity index is 3.60. The average Bonchev–Trinajstić information content (AvgIpc) is 2.30. The van der Waals surface area contributed by atoms with E-state index in [1.54, 1.807) is 0 Å². The predicted octanol–water partition coefficient (Wildman–Crippen LogP) is -0.307. The molecule has 17 heavy (non-hydrogen) atoms. The molecule has 0 saturated carbocycles.